The van der Waals surface area contributed by atoms with Gasteiger partial charge in [-0.3, -0.25) is 0 Å². The first kappa shape index (κ1) is 9.07. The summed E-state index contributed by atoms with van der Waals surface area (Å²) >= 11 is 0. The molecule has 0 fully saturated rings. The number of hydrogen-bond acceptors (Lipinski definition) is 2. The molecule has 2 nitrogen and oxygen atoms in total. The van der Waals surface area contributed by atoms with E-state index in [0.717, 1.165) is 5.75 Å². The van der Waals surface area contributed by atoms with Gasteiger partial charge in [-0.2, -0.15) is 0 Å². The third kappa shape index (κ3) is 2.55. The van der Waals surface area contributed by atoms with Crippen molar-refractivity contribution in [2.24, 2.45) is 5.73 Å². The summed E-state index contributed by atoms with van der Waals surface area (Å²) in [6, 6.07) is 10.5. The Bertz CT molecular complexity index is 231. The van der Waals surface area contributed by atoms with Crippen LogP contribution in [0.3, 0.4) is 0 Å². The molecular formula is C10H14NO. The lowest BCUT2D eigenvalue weighted by Crippen LogP contribution is -2.37. The number of rotatable bonds is 3. The number of hydrogen-bond donors (Lipinski definition) is 1. The van der Waals surface area contributed by atoms with E-state index in [1.807, 2.05) is 38.1 Å². The molecule has 0 aliphatic rings. The van der Waals surface area contributed by atoms with Gasteiger partial charge in [-0.1, -0.05) is 18.2 Å². The van der Waals surface area contributed by atoms with Crippen LogP contribution in [0.4, 0.5) is 0 Å². The quantitative estimate of drug-likeness (QED) is 0.736. The summed E-state index contributed by atoms with van der Waals surface area (Å²) in [6.45, 7) is 4.40. The fraction of sp³-hybridized carbons (Fsp3) is 0.400. The topological polar surface area (TPSA) is 35.2 Å². The highest BCUT2D eigenvalue weighted by molar-refractivity contribution is 5.20. The molecule has 0 aromatic heterocycles. The van der Waals surface area contributed by atoms with Crippen molar-refractivity contribution in [1.29, 1.82) is 0 Å². The summed E-state index contributed by atoms with van der Waals surface area (Å²) in [5, 5.41) is 0. The lowest BCUT2D eigenvalue weighted by atomic mass is 10.1. The summed E-state index contributed by atoms with van der Waals surface area (Å²) in [5.74, 6) is 0.743. The van der Waals surface area contributed by atoms with Gasteiger partial charge in [-0.25, -0.2) is 0 Å². The van der Waals surface area contributed by atoms with Crippen LogP contribution in [0.5, 0.6) is 5.75 Å². The molecule has 1 rings (SSSR count). The first-order valence-electron chi connectivity index (χ1n) is 4.00. The van der Waals surface area contributed by atoms with Gasteiger partial charge < -0.3 is 10.5 Å². The zero-order chi connectivity index (χ0) is 9.03. The van der Waals surface area contributed by atoms with Crippen LogP contribution >= 0.6 is 0 Å². The Morgan fingerprint density at radius 2 is 2.25 bits per heavy atom. The van der Waals surface area contributed by atoms with E-state index in [1.165, 1.54) is 0 Å². The van der Waals surface area contributed by atoms with Crippen molar-refractivity contribution in [3.8, 4) is 5.75 Å². The van der Waals surface area contributed by atoms with Crippen LogP contribution in [-0.4, -0.2) is 12.1 Å². The molecule has 1 aromatic carbocycles. The second-order valence-electron chi connectivity index (χ2n) is 3.29. The molecule has 0 atom stereocenters. The Labute approximate surface area is 73.3 Å². The summed E-state index contributed by atoms with van der Waals surface area (Å²) in [6.07, 6.45) is 0. The maximum absolute atomic E-state index is 5.57. The van der Waals surface area contributed by atoms with Crippen LogP contribution in [0.1, 0.15) is 13.8 Å². The van der Waals surface area contributed by atoms with E-state index in [-0.39, 0.29) is 5.60 Å². The van der Waals surface area contributed by atoms with Gasteiger partial charge in [0.2, 0.25) is 0 Å². The Kier molecular flexibility index (Phi) is 2.71. The smallest absolute Gasteiger partial charge is 0.128 e. The average Bonchev–Trinajstić information content (AvgIpc) is 2.06. The molecule has 0 heterocycles. The van der Waals surface area contributed by atoms with Gasteiger partial charge >= 0.3 is 0 Å². The number of ether oxygens (including phenoxy) is 1. The first-order valence-corrected chi connectivity index (χ1v) is 4.00. The minimum Gasteiger partial charge on any atom is -0.486 e. The molecule has 0 saturated heterocycles. The van der Waals surface area contributed by atoms with Gasteiger partial charge in [0.15, 0.2) is 0 Å². The summed E-state index contributed by atoms with van der Waals surface area (Å²) < 4.78 is 5.57. The molecule has 0 spiro atoms. The third-order valence-electron chi connectivity index (χ3n) is 1.56. The minimum atomic E-state index is -0.308. The van der Waals surface area contributed by atoms with E-state index < -0.39 is 0 Å². The van der Waals surface area contributed by atoms with E-state index >= 15 is 0 Å². The summed E-state index contributed by atoms with van der Waals surface area (Å²) in [4.78, 5) is 0. The van der Waals surface area contributed by atoms with E-state index in [0.29, 0.717) is 6.54 Å². The largest absolute Gasteiger partial charge is 0.486 e. The number of nitrogens with two attached hydrogens (primary N) is 1. The highest BCUT2D eigenvalue weighted by atomic mass is 16.5. The molecule has 0 amide bonds. The van der Waals surface area contributed by atoms with Gasteiger partial charge in [0.1, 0.15) is 11.4 Å². The van der Waals surface area contributed by atoms with Crippen molar-refractivity contribution < 1.29 is 4.74 Å². The van der Waals surface area contributed by atoms with Crippen molar-refractivity contribution in [3.63, 3.8) is 0 Å². The maximum atomic E-state index is 5.57. The van der Waals surface area contributed by atoms with Crippen LogP contribution in [0.2, 0.25) is 0 Å². The van der Waals surface area contributed by atoms with E-state index in [4.69, 9.17) is 10.5 Å². The van der Waals surface area contributed by atoms with E-state index in [2.05, 4.69) is 6.07 Å². The van der Waals surface area contributed by atoms with Gasteiger partial charge in [0.05, 0.1) is 0 Å². The highest BCUT2D eigenvalue weighted by Crippen LogP contribution is 2.15. The minimum absolute atomic E-state index is 0.308. The van der Waals surface area contributed by atoms with Crippen LogP contribution in [0, 0.1) is 6.07 Å². The molecule has 0 aliphatic heterocycles. The van der Waals surface area contributed by atoms with Crippen molar-refractivity contribution in [2.75, 3.05) is 6.54 Å². The van der Waals surface area contributed by atoms with Crippen molar-refractivity contribution in [3.05, 3.63) is 30.3 Å². The molecule has 1 aromatic rings. The van der Waals surface area contributed by atoms with E-state index in [1.54, 1.807) is 0 Å². The molecule has 0 saturated carbocycles. The van der Waals surface area contributed by atoms with Crippen LogP contribution in [-0.2, 0) is 0 Å². The molecule has 1 radical (unpaired) electrons. The Morgan fingerprint density at radius 1 is 1.50 bits per heavy atom. The predicted molar refractivity (Wildman–Crippen MR) is 49.0 cm³/mol. The standard InChI is InChI=1S/C10H14NO/c1-10(2,8-11)12-9-6-4-3-5-7-9/h3-6H,8,11H2,1-2H3. The predicted octanol–water partition coefficient (Wildman–Crippen LogP) is 1.60. The second kappa shape index (κ2) is 3.59. The molecule has 12 heavy (non-hydrogen) atoms. The third-order valence-corrected chi connectivity index (χ3v) is 1.56. The molecule has 0 aliphatic carbocycles. The van der Waals surface area contributed by atoms with E-state index in [9.17, 15) is 0 Å². The first-order chi connectivity index (χ1) is 5.64. The maximum Gasteiger partial charge on any atom is 0.128 e. The number of para-hydroxylation sites is 1. The molecule has 65 valence electrons. The molecule has 0 unspecified atom stereocenters. The van der Waals surface area contributed by atoms with Crippen LogP contribution < -0.4 is 10.5 Å². The lowest BCUT2D eigenvalue weighted by Gasteiger charge is -2.24. The molecular weight excluding hydrogens is 150 g/mol. The van der Waals surface area contributed by atoms with Crippen LogP contribution in [0.25, 0.3) is 0 Å². The summed E-state index contributed by atoms with van der Waals surface area (Å²) in [7, 11) is 0. The Balaban J connectivity index is 2.64. The zero-order valence-corrected chi connectivity index (χ0v) is 7.50. The average molecular weight is 164 g/mol. The molecule has 0 bridgehead atoms. The fourth-order valence-electron chi connectivity index (χ4n) is 0.780. The fourth-order valence-corrected chi connectivity index (χ4v) is 0.780. The van der Waals surface area contributed by atoms with Gasteiger partial charge in [-0.05, 0) is 19.9 Å². The van der Waals surface area contributed by atoms with Gasteiger partial charge in [0, 0.05) is 12.6 Å². The molecule has 2 heteroatoms. The van der Waals surface area contributed by atoms with Gasteiger partial charge in [0.25, 0.3) is 0 Å². The Hall–Kier alpha value is -1.02. The second-order valence-corrected chi connectivity index (χ2v) is 3.29. The van der Waals surface area contributed by atoms with Crippen molar-refractivity contribution in [1.82, 2.24) is 0 Å². The SMILES string of the molecule is CC(C)(CN)Oc1[c]cccc1. The lowest BCUT2D eigenvalue weighted by molar-refractivity contribution is 0.118. The Morgan fingerprint density at radius 3 is 2.75 bits per heavy atom. The van der Waals surface area contributed by atoms with Crippen LogP contribution in [0.15, 0.2) is 24.3 Å². The van der Waals surface area contributed by atoms with Crippen molar-refractivity contribution in [2.45, 2.75) is 19.4 Å². The normalized spacial score (nSPS) is 11.2. The monoisotopic (exact) mass is 164 g/mol. The molecule has 2 N–H and O–H groups in total. The zero-order valence-electron chi connectivity index (χ0n) is 7.50. The highest BCUT2D eigenvalue weighted by Gasteiger charge is 2.16. The number of benzene rings is 1. The van der Waals surface area contributed by atoms with Gasteiger partial charge in [-0.15, -0.1) is 0 Å². The van der Waals surface area contributed by atoms with Crippen molar-refractivity contribution >= 4 is 0 Å². The summed E-state index contributed by atoms with van der Waals surface area (Å²) in [5.41, 5.74) is 5.21.